The van der Waals surface area contributed by atoms with Gasteiger partial charge in [0.15, 0.2) is 5.82 Å². The van der Waals surface area contributed by atoms with Crippen LogP contribution in [0.15, 0.2) is 12.4 Å². The number of aryl methyl sites for hydroxylation is 1. The minimum atomic E-state index is -3.22. The van der Waals surface area contributed by atoms with Crippen molar-refractivity contribution in [2.45, 2.75) is 6.92 Å². The van der Waals surface area contributed by atoms with Crippen LogP contribution in [0.5, 0.6) is 0 Å². The number of aromatic nitrogens is 4. The zero-order valence-corrected chi connectivity index (χ0v) is 11.8. The molecule has 0 radical (unpaired) electrons. The van der Waals surface area contributed by atoms with Crippen LogP contribution in [0, 0.1) is 6.92 Å². The first-order chi connectivity index (χ1) is 8.92. The first kappa shape index (κ1) is 13.7. The number of fused-ring (bicyclic) bond motifs is 1. The lowest BCUT2D eigenvalue weighted by Crippen LogP contribution is -2.28. The molecule has 0 saturated carbocycles. The summed E-state index contributed by atoms with van der Waals surface area (Å²) in [7, 11) is -0.196. The number of anilines is 1. The predicted molar refractivity (Wildman–Crippen MR) is 71.5 cm³/mol. The van der Waals surface area contributed by atoms with E-state index in [0.29, 0.717) is 11.5 Å². The molecule has 2 aromatic rings. The van der Waals surface area contributed by atoms with Gasteiger partial charge in [-0.1, -0.05) is 0 Å². The number of nitrogens with zero attached hydrogens (tertiary/aromatic N) is 5. The van der Waals surface area contributed by atoms with Gasteiger partial charge in [-0.05, 0) is 6.92 Å². The van der Waals surface area contributed by atoms with Crippen molar-refractivity contribution < 1.29 is 8.42 Å². The number of rotatable bonds is 5. The molecule has 2 rings (SSSR count). The number of nitrogens with one attached hydrogen (secondary N) is 1. The van der Waals surface area contributed by atoms with Gasteiger partial charge in [-0.25, -0.2) is 17.7 Å². The van der Waals surface area contributed by atoms with Gasteiger partial charge in [-0.3, -0.25) is 4.40 Å². The Labute approximate surface area is 111 Å². The molecule has 0 aromatic carbocycles. The van der Waals surface area contributed by atoms with Gasteiger partial charge in [0.1, 0.15) is 5.82 Å². The number of sulfonamides is 1. The van der Waals surface area contributed by atoms with Gasteiger partial charge >= 0.3 is 0 Å². The minimum Gasteiger partial charge on any atom is -0.366 e. The molecule has 0 aliphatic carbocycles. The van der Waals surface area contributed by atoms with Crippen molar-refractivity contribution >= 4 is 21.5 Å². The monoisotopic (exact) mass is 284 g/mol. The van der Waals surface area contributed by atoms with Crippen LogP contribution in [-0.4, -0.2) is 58.7 Å². The largest absolute Gasteiger partial charge is 0.366 e. The average molecular weight is 284 g/mol. The Morgan fingerprint density at radius 2 is 2.11 bits per heavy atom. The van der Waals surface area contributed by atoms with Gasteiger partial charge in [-0.2, -0.15) is 0 Å². The van der Waals surface area contributed by atoms with E-state index in [1.54, 1.807) is 16.8 Å². The highest BCUT2D eigenvalue weighted by molar-refractivity contribution is 7.89. The van der Waals surface area contributed by atoms with E-state index in [1.165, 1.54) is 18.4 Å². The van der Waals surface area contributed by atoms with Crippen LogP contribution in [0.3, 0.4) is 0 Å². The molecular weight excluding hydrogens is 268 g/mol. The number of hydrogen-bond donors (Lipinski definition) is 1. The fraction of sp³-hybridized carbons (Fsp3) is 0.500. The summed E-state index contributed by atoms with van der Waals surface area (Å²) in [6.07, 6.45) is 3.37. The van der Waals surface area contributed by atoms with Gasteiger partial charge in [0, 0.05) is 33.0 Å². The quantitative estimate of drug-likeness (QED) is 0.813. The fourth-order valence-corrected chi connectivity index (χ4v) is 2.27. The second-order valence-corrected chi connectivity index (χ2v) is 6.54. The Morgan fingerprint density at radius 3 is 2.79 bits per heavy atom. The Balaban J connectivity index is 2.11. The summed E-state index contributed by atoms with van der Waals surface area (Å²) < 4.78 is 26.2. The molecular formula is C10H16N6O2S. The SMILES string of the molecule is Cc1nnc2c(NCCS(=O)(=O)N(C)C)nccn12. The van der Waals surface area contributed by atoms with Crippen LogP contribution >= 0.6 is 0 Å². The van der Waals surface area contributed by atoms with E-state index in [2.05, 4.69) is 20.5 Å². The molecule has 0 saturated heterocycles. The van der Waals surface area contributed by atoms with Crippen LogP contribution in [0.2, 0.25) is 0 Å². The summed E-state index contributed by atoms with van der Waals surface area (Å²) in [5.41, 5.74) is 0.585. The first-order valence-corrected chi connectivity index (χ1v) is 7.33. The zero-order valence-electron chi connectivity index (χ0n) is 11.0. The summed E-state index contributed by atoms with van der Waals surface area (Å²) in [5, 5.41) is 10.9. The van der Waals surface area contributed by atoms with Crippen molar-refractivity contribution in [1.29, 1.82) is 0 Å². The van der Waals surface area contributed by atoms with Crippen LogP contribution in [-0.2, 0) is 10.0 Å². The van der Waals surface area contributed by atoms with Gasteiger partial charge in [0.05, 0.1) is 5.75 Å². The molecule has 0 atom stereocenters. The van der Waals surface area contributed by atoms with E-state index in [9.17, 15) is 8.42 Å². The van der Waals surface area contributed by atoms with E-state index in [0.717, 1.165) is 5.82 Å². The molecule has 1 N–H and O–H groups in total. The Kier molecular flexibility index (Phi) is 3.67. The third kappa shape index (κ3) is 2.82. The maximum Gasteiger partial charge on any atom is 0.215 e. The summed E-state index contributed by atoms with van der Waals surface area (Å²) in [6, 6.07) is 0. The molecule has 104 valence electrons. The average Bonchev–Trinajstić information content (AvgIpc) is 2.72. The lowest BCUT2D eigenvalue weighted by Gasteiger charge is -2.11. The lowest BCUT2D eigenvalue weighted by atomic mass is 10.5. The maximum absolute atomic E-state index is 11.6. The highest BCUT2D eigenvalue weighted by atomic mass is 32.2. The van der Waals surface area contributed by atoms with Crippen LogP contribution in [0.25, 0.3) is 5.65 Å². The molecule has 0 aliphatic heterocycles. The van der Waals surface area contributed by atoms with Crippen molar-refractivity contribution in [2.75, 3.05) is 31.7 Å². The molecule has 2 aromatic heterocycles. The Morgan fingerprint density at radius 1 is 1.37 bits per heavy atom. The van der Waals surface area contributed by atoms with Crippen molar-refractivity contribution in [2.24, 2.45) is 0 Å². The maximum atomic E-state index is 11.6. The molecule has 9 heteroatoms. The number of hydrogen-bond acceptors (Lipinski definition) is 6. The summed E-state index contributed by atoms with van der Waals surface area (Å²) in [6.45, 7) is 2.10. The molecule has 0 bridgehead atoms. The van der Waals surface area contributed by atoms with Crippen molar-refractivity contribution in [3.8, 4) is 0 Å². The van der Waals surface area contributed by atoms with Crippen LogP contribution in [0.4, 0.5) is 5.82 Å². The van der Waals surface area contributed by atoms with Crippen LogP contribution in [0.1, 0.15) is 5.82 Å². The highest BCUT2D eigenvalue weighted by Gasteiger charge is 2.14. The normalized spacial score (nSPS) is 12.2. The first-order valence-electron chi connectivity index (χ1n) is 5.72. The third-order valence-corrected chi connectivity index (χ3v) is 4.54. The second-order valence-electron chi connectivity index (χ2n) is 4.24. The van der Waals surface area contributed by atoms with Gasteiger partial charge in [0.2, 0.25) is 15.7 Å². The van der Waals surface area contributed by atoms with Crippen molar-refractivity contribution in [3.63, 3.8) is 0 Å². The van der Waals surface area contributed by atoms with E-state index in [4.69, 9.17) is 0 Å². The molecule has 0 amide bonds. The summed E-state index contributed by atoms with van der Waals surface area (Å²) >= 11 is 0. The molecule has 8 nitrogen and oxygen atoms in total. The fourth-order valence-electron chi connectivity index (χ4n) is 1.55. The van der Waals surface area contributed by atoms with E-state index < -0.39 is 10.0 Å². The molecule has 19 heavy (non-hydrogen) atoms. The molecule has 0 unspecified atom stereocenters. The van der Waals surface area contributed by atoms with Gasteiger partial charge < -0.3 is 5.32 Å². The molecule has 0 aliphatic rings. The van der Waals surface area contributed by atoms with E-state index in [1.807, 2.05) is 6.92 Å². The van der Waals surface area contributed by atoms with Gasteiger partial charge in [0.25, 0.3) is 0 Å². The topological polar surface area (TPSA) is 92.5 Å². The molecule has 2 heterocycles. The van der Waals surface area contributed by atoms with Crippen molar-refractivity contribution in [1.82, 2.24) is 23.9 Å². The molecule has 0 spiro atoms. The third-order valence-electron chi connectivity index (χ3n) is 2.71. The standard InChI is InChI=1S/C10H16N6O2S/c1-8-13-14-10-9(11-4-6-16(8)10)12-5-7-19(17,18)15(2)3/h4,6H,5,7H2,1-3H3,(H,11,12). The lowest BCUT2D eigenvalue weighted by molar-refractivity contribution is 0.521. The van der Waals surface area contributed by atoms with Gasteiger partial charge in [-0.15, -0.1) is 10.2 Å². The second kappa shape index (κ2) is 5.10. The van der Waals surface area contributed by atoms with Crippen molar-refractivity contribution in [3.05, 3.63) is 18.2 Å². The van der Waals surface area contributed by atoms with E-state index in [-0.39, 0.29) is 12.3 Å². The molecule has 0 fully saturated rings. The summed E-state index contributed by atoms with van der Waals surface area (Å²) in [4.78, 5) is 4.14. The smallest absolute Gasteiger partial charge is 0.215 e. The Hall–Kier alpha value is -1.74. The zero-order chi connectivity index (χ0) is 14.0. The van der Waals surface area contributed by atoms with Crippen LogP contribution < -0.4 is 5.32 Å². The highest BCUT2D eigenvalue weighted by Crippen LogP contribution is 2.11. The minimum absolute atomic E-state index is 0.00411. The predicted octanol–water partition coefficient (Wildman–Crippen LogP) is -0.264. The Bertz CT molecular complexity index is 678. The summed E-state index contributed by atoms with van der Waals surface area (Å²) in [5.74, 6) is 1.27. The van der Waals surface area contributed by atoms with E-state index >= 15 is 0 Å².